The summed E-state index contributed by atoms with van der Waals surface area (Å²) >= 11 is 0. The molecule has 5 rings (SSSR count). The number of ether oxygens (including phenoxy) is 5. The normalized spacial score (nSPS) is 24.1. The van der Waals surface area contributed by atoms with Crippen molar-refractivity contribution in [1.29, 1.82) is 0 Å². The fourth-order valence-corrected chi connectivity index (χ4v) is 6.81. The molecular formula is C34H50N6O6Si. The summed E-state index contributed by atoms with van der Waals surface area (Å²) in [5, 5.41) is 14.9. The van der Waals surface area contributed by atoms with E-state index < -0.39 is 13.7 Å². The molecule has 3 heterocycles. The van der Waals surface area contributed by atoms with Crippen molar-refractivity contribution in [3.8, 4) is 5.69 Å². The number of hydrogen-bond acceptors (Lipinski definition) is 11. The number of aliphatic imine (C=N–C) groups is 1. The van der Waals surface area contributed by atoms with Crippen LogP contribution in [0.25, 0.3) is 5.69 Å². The van der Waals surface area contributed by atoms with Crippen molar-refractivity contribution in [1.82, 2.24) is 20.1 Å². The molecule has 47 heavy (non-hydrogen) atoms. The van der Waals surface area contributed by atoms with Crippen LogP contribution in [0.5, 0.6) is 0 Å². The number of nitrogens with zero attached hydrogens (tertiary/aromatic N) is 5. The summed E-state index contributed by atoms with van der Waals surface area (Å²) in [7, 11) is 2.01. The molecule has 2 unspecified atom stereocenters. The minimum Gasteiger partial charge on any atom is -0.461 e. The van der Waals surface area contributed by atoms with Gasteiger partial charge in [0.05, 0.1) is 37.6 Å². The van der Waals surface area contributed by atoms with Crippen LogP contribution in [0.4, 0.5) is 0 Å². The number of methoxy groups -OCH3 is 2. The van der Waals surface area contributed by atoms with Crippen LogP contribution in [0.3, 0.4) is 0 Å². The summed E-state index contributed by atoms with van der Waals surface area (Å²) in [6.07, 6.45) is 10.2. The molecule has 2 aromatic rings. The zero-order chi connectivity index (χ0) is 33.3. The molecule has 1 aliphatic carbocycles. The lowest BCUT2D eigenvalue weighted by molar-refractivity contribution is -0.181. The van der Waals surface area contributed by atoms with Crippen LogP contribution in [-0.2, 0) is 28.5 Å². The number of carbonyl (C=O) groups is 1. The van der Waals surface area contributed by atoms with Crippen molar-refractivity contribution in [2.24, 2.45) is 16.0 Å². The largest absolute Gasteiger partial charge is 0.461 e. The van der Waals surface area contributed by atoms with E-state index >= 15 is 0 Å². The van der Waals surface area contributed by atoms with E-state index in [9.17, 15) is 4.79 Å². The molecule has 0 amide bonds. The lowest BCUT2D eigenvalue weighted by atomic mass is 9.76. The Kier molecular flexibility index (Phi) is 12.0. The van der Waals surface area contributed by atoms with E-state index in [0.29, 0.717) is 39.4 Å². The minimum absolute atomic E-state index is 0.0865. The van der Waals surface area contributed by atoms with Crippen molar-refractivity contribution >= 4 is 26.0 Å². The third-order valence-electron chi connectivity index (χ3n) is 8.87. The lowest BCUT2D eigenvalue weighted by Crippen LogP contribution is -2.48. The Labute approximate surface area is 279 Å². The Morgan fingerprint density at radius 2 is 1.77 bits per heavy atom. The number of benzene rings is 1. The zero-order valence-electron chi connectivity index (χ0n) is 28.4. The van der Waals surface area contributed by atoms with Crippen LogP contribution in [0.1, 0.15) is 37.2 Å². The predicted molar refractivity (Wildman–Crippen MR) is 183 cm³/mol. The highest BCUT2D eigenvalue weighted by molar-refractivity contribution is 6.76. The first kappa shape index (κ1) is 35.0. The van der Waals surface area contributed by atoms with Crippen molar-refractivity contribution in [2.75, 3.05) is 54.0 Å². The topological polar surface area (TPSA) is 121 Å². The van der Waals surface area contributed by atoms with Crippen LogP contribution < -0.4 is 5.32 Å². The van der Waals surface area contributed by atoms with Gasteiger partial charge in [-0.3, -0.25) is 4.99 Å². The van der Waals surface area contributed by atoms with E-state index in [-0.39, 0.29) is 30.6 Å². The molecule has 1 aromatic heterocycles. The monoisotopic (exact) mass is 666 g/mol. The standard InChI is InChI=1S/C34H50N6O6Si/c1-42-15-17-45-33(41)34(46-18-16-43-2)13-11-26(12-14-34)30-21-31(35-25-44-19-20-47(3,4)5)40-32(38-30)29(23-37-40)27-22-36-39(24-27)28-9-7-6-8-10-28/h6-10,21-24,26,29,32,35H,11-20,25H2,1-5H3. The smallest absolute Gasteiger partial charge is 0.338 e. The van der Waals surface area contributed by atoms with E-state index in [1.54, 1.807) is 14.2 Å². The van der Waals surface area contributed by atoms with Gasteiger partial charge in [-0.25, -0.2) is 14.5 Å². The first-order valence-corrected chi connectivity index (χ1v) is 20.3. The van der Waals surface area contributed by atoms with Crippen molar-refractivity contribution in [3.63, 3.8) is 0 Å². The van der Waals surface area contributed by atoms with Crippen LogP contribution in [-0.4, -0.2) is 107 Å². The van der Waals surface area contributed by atoms with E-state index in [2.05, 4.69) is 42.3 Å². The second-order valence-corrected chi connectivity index (χ2v) is 19.1. The second-order valence-electron chi connectivity index (χ2n) is 13.5. The van der Waals surface area contributed by atoms with Gasteiger partial charge in [0.2, 0.25) is 0 Å². The fourth-order valence-electron chi connectivity index (χ4n) is 6.05. The second kappa shape index (κ2) is 16.2. The fraction of sp³-hybridized carbons (Fsp3) is 0.588. The van der Waals surface area contributed by atoms with Crippen molar-refractivity contribution < 1.29 is 28.5 Å². The van der Waals surface area contributed by atoms with Gasteiger partial charge < -0.3 is 29.0 Å². The maximum absolute atomic E-state index is 13.3. The summed E-state index contributed by atoms with van der Waals surface area (Å²) in [4.78, 5) is 18.6. The lowest BCUT2D eigenvalue weighted by Gasteiger charge is -2.39. The minimum atomic E-state index is -1.20. The molecule has 1 N–H and O–H groups in total. The Morgan fingerprint density at radius 3 is 2.49 bits per heavy atom. The number of para-hydroxylation sites is 1. The maximum Gasteiger partial charge on any atom is 0.338 e. The molecule has 3 aliphatic rings. The van der Waals surface area contributed by atoms with Crippen LogP contribution in [0.15, 0.2) is 64.7 Å². The molecule has 1 aromatic carbocycles. The Bertz CT molecular complexity index is 1400. The van der Waals surface area contributed by atoms with Gasteiger partial charge in [0.1, 0.15) is 19.2 Å². The molecule has 256 valence electrons. The van der Waals surface area contributed by atoms with Crippen molar-refractivity contribution in [3.05, 3.63) is 60.2 Å². The average molecular weight is 667 g/mol. The molecule has 0 spiro atoms. The number of aromatic nitrogens is 2. The number of fused-ring (bicyclic) bond motifs is 1. The first-order valence-electron chi connectivity index (χ1n) is 16.6. The molecule has 1 saturated carbocycles. The van der Waals surface area contributed by atoms with Gasteiger partial charge in [-0.15, -0.1) is 0 Å². The molecule has 0 bridgehead atoms. The summed E-state index contributed by atoms with van der Waals surface area (Å²) in [6, 6.07) is 11.2. The molecular weight excluding hydrogens is 616 g/mol. The van der Waals surface area contributed by atoms with E-state index in [1.165, 1.54) is 0 Å². The molecule has 1 fully saturated rings. The number of hydrogen-bond donors (Lipinski definition) is 1. The Hall–Kier alpha value is -3.36. The molecule has 2 aliphatic heterocycles. The van der Waals surface area contributed by atoms with E-state index in [1.807, 2.05) is 52.4 Å². The Balaban J connectivity index is 1.33. The third-order valence-corrected chi connectivity index (χ3v) is 10.6. The van der Waals surface area contributed by atoms with Gasteiger partial charge in [-0.05, 0) is 43.9 Å². The highest BCUT2D eigenvalue weighted by Gasteiger charge is 2.46. The molecule has 13 heteroatoms. The summed E-state index contributed by atoms with van der Waals surface area (Å²) in [5.74, 6) is 0.570. The SMILES string of the molecule is COCCOC(=O)C1(OCCOC)CCC(C2=NC3C(c4cnn(-c5ccccc5)c4)C=NN3C(NCOCC[Si](C)(C)C)=C2)CC1. The van der Waals surface area contributed by atoms with Gasteiger partial charge in [0.25, 0.3) is 0 Å². The molecule has 12 nitrogen and oxygen atoms in total. The molecule has 2 atom stereocenters. The summed E-state index contributed by atoms with van der Waals surface area (Å²) in [5.41, 5.74) is 2.01. The number of carbonyl (C=O) groups excluding carboxylic acids is 1. The van der Waals surface area contributed by atoms with Gasteiger partial charge in [-0.1, -0.05) is 37.8 Å². The van der Waals surface area contributed by atoms with Crippen LogP contribution in [0.2, 0.25) is 25.7 Å². The van der Waals surface area contributed by atoms with Crippen LogP contribution >= 0.6 is 0 Å². The van der Waals surface area contributed by atoms with Gasteiger partial charge in [-0.2, -0.15) is 10.2 Å². The summed E-state index contributed by atoms with van der Waals surface area (Å²) < 4.78 is 29.9. The predicted octanol–water partition coefficient (Wildman–Crippen LogP) is 4.56. The van der Waals surface area contributed by atoms with Gasteiger partial charge in [0, 0.05) is 64.6 Å². The van der Waals surface area contributed by atoms with Gasteiger partial charge >= 0.3 is 5.97 Å². The number of allylic oxidation sites excluding steroid dienone is 1. The van der Waals surface area contributed by atoms with E-state index in [0.717, 1.165) is 48.3 Å². The number of hydrazone groups is 1. The number of esters is 1. The summed E-state index contributed by atoms with van der Waals surface area (Å²) in [6.45, 7) is 9.40. The van der Waals surface area contributed by atoms with Crippen LogP contribution in [0, 0.1) is 5.92 Å². The number of nitrogens with one attached hydrogen (secondary N) is 1. The molecule has 0 saturated heterocycles. The highest BCUT2D eigenvalue weighted by Crippen LogP contribution is 2.40. The third kappa shape index (κ3) is 8.96. The quantitative estimate of drug-likeness (QED) is 0.112. The molecule has 0 radical (unpaired) electrons. The highest BCUT2D eigenvalue weighted by atomic mass is 28.3. The number of rotatable bonds is 17. The zero-order valence-corrected chi connectivity index (χ0v) is 29.4. The average Bonchev–Trinajstić information content (AvgIpc) is 3.73. The van der Waals surface area contributed by atoms with E-state index in [4.69, 9.17) is 33.8 Å². The Morgan fingerprint density at radius 1 is 1.02 bits per heavy atom. The van der Waals surface area contributed by atoms with Gasteiger partial charge in [0.15, 0.2) is 11.8 Å². The van der Waals surface area contributed by atoms with Crippen molar-refractivity contribution in [2.45, 2.75) is 69.1 Å². The first-order chi connectivity index (χ1) is 22.7. The maximum atomic E-state index is 13.3.